The fourth-order valence-electron chi connectivity index (χ4n) is 1.50. The maximum absolute atomic E-state index is 5.72. The quantitative estimate of drug-likeness (QED) is 0.770. The number of rotatable bonds is 1. The Bertz CT molecular complexity index is 289. The molecule has 2 unspecified atom stereocenters. The molecule has 1 aliphatic heterocycles. The Morgan fingerprint density at radius 2 is 2.46 bits per heavy atom. The molecule has 1 aliphatic rings. The minimum absolute atomic E-state index is 0.00637. The Balaban J connectivity index is 2.12. The molecule has 0 radical (unpaired) electrons. The molecule has 5 heteroatoms. The van der Waals surface area contributed by atoms with E-state index in [0.717, 1.165) is 19.3 Å². The van der Waals surface area contributed by atoms with Gasteiger partial charge in [0.05, 0.1) is 6.20 Å². The fourth-order valence-corrected chi connectivity index (χ4v) is 2.08. The molecule has 13 heavy (non-hydrogen) atoms. The molecule has 1 saturated heterocycles. The summed E-state index contributed by atoms with van der Waals surface area (Å²) in [6, 6.07) is 1.78. The van der Waals surface area contributed by atoms with Gasteiger partial charge in [0, 0.05) is 6.07 Å². The van der Waals surface area contributed by atoms with Crippen LogP contribution in [-0.2, 0) is 4.74 Å². The van der Waals surface area contributed by atoms with Gasteiger partial charge in [-0.25, -0.2) is 4.68 Å². The van der Waals surface area contributed by atoms with Gasteiger partial charge in [0.2, 0.25) is 0 Å². The molecule has 0 bridgehead atoms. The van der Waals surface area contributed by atoms with E-state index < -0.39 is 0 Å². The molecule has 4 nitrogen and oxygen atoms in total. The van der Waals surface area contributed by atoms with Crippen molar-refractivity contribution in [1.82, 2.24) is 9.78 Å². The van der Waals surface area contributed by atoms with Crippen LogP contribution in [-0.4, -0.2) is 14.8 Å². The minimum Gasteiger partial charge on any atom is -0.384 e. The SMILES string of the molecule is Nc1ccnn1C1CCCC(Br)O1. The van der Waals surface area contributed by atoms with Crippen molar-refractivity contribution in [2.24, 2.45) is 0 Å². The van der Waals surface area contributed by atoms with Crippen LogP contribution in [0.15, 0.2) is 12.3 Å². The monoisotopic (exact) mass is 245 g/mol. The van der Waals surface area contributed by atoms with Crippen molar-refractivity contribution in [2.75, 3.05) is 5.73 Å². The summed E-state index contributed by atoms with van der Waals surface area (Å²) < 4.78 is 7.38. The van der Waals surface area contributed by atoms with Gasteiger partial charge in [-0.1, -0.05) is 15.9 Å². The highest BCUT2D eigenvalue weighted by molar-refractivity contribution is 9.09. The Kier molecular flexibility index (Phi) is 2.55. The zero-order valence-electron chi connectivity index (χ0n) is 7.19. The normalized spacial score (nSPS) is 29.0. The minimum atomic E-state index is -0.00637. The molecule has 0 spiro atoms. The van der Waals surface area contributed by atoms with Crippen molar-refractivity contribution in [3.05, 3.63) is 12.3 Å². The third-order valence-electron chi connectivity index (χ3n) is 2.16. The summed E-state index contributed by atoms with van der Waals surface area (Å²) in [5, 5.41) is 4.25. The summed E-state index contributed by atoms with van der Waals surface area (Å²) in [5.41, 5.74) is 5.72. The molecule has 2 rings (SSSR count). The first-order chi connectivity index (χ1) is 6.27. The van der Waals surface area contributed by atoms with Gasteiger partial charge in [-0.05, 0) is 19.3 Å². The van der Waals surface area contributed by atoms with E-state index in [0.29, 0.717) is 5.82 Å². The topological polar surface area (TPSA) is 53.1 Å². The van der Waals surface area contributed by atoms with Gasteiger partial charge < -0.3 is 10.5 Å². The Morgan fingerprint density at radius 3 is 3.08 bits per heavy atom. The van der Waals surface area contributed by atoms with Crippen molar-refractivity contribution in [3.8, 4) is 0 Å². The summed E-state index contributed by atoms with van der Waals surface area (Å²) >= 11 is 3.43. The standard InChI is InChI=1S/C8H12BrN3O/c9-6-2-1-3-8(13-6)12-7(10)4-5-11-12/h4-6,8H,1-3,10H2. The zero-order valence-corrected chi connectivity index (χ0v) is 8.77. The third-order valence-corrected chi connectivity index (χ3v) is 2.83. The summed E-state index contributed by atoms with van der Waals surface area (Å²) in [4.78, 5) is 0. The fraction of sp³-hybridized carbons (Fsp3) is 0.625. The summed E-state index contributed by atoms with van der Waals surface area (Å²) in [6.07, 6.45) is 4.86. The maximum Gasteiger partial charge on any atom is 0.153 e. The van der Waals surface area contributed by atoms with Crippen molar-refractivity contribution in [3.63, 3.8) is 0 Å². The second kappa shape index (κ2) is 3.67. The first-order valence-corrected chi connectivity index (χ1v) is 5.27. The number of aromatic nitrogens is 2. The first kappa shape index (κ1) is 9.02. The summed E-state index contributed by atoms with van der Waals surface area (Å²) in [5.74, 6) is 0.659. The highest BCUT2D eigenvalue weighted by atomic mass is 79.9. The molecule has 2 heterocycles. The maximum atomic E-state index is 5.72. The van der Waals surface area contributed by atoms with E-state index in [-0.39, 0.29) is 11.2 Å². The average molecular weight is 246 g/mol. The summed E-state index contributed by atoms with van der Waals surface area (Å²) in [7, 11) is 0. The third kappa shape index (κ3) is 1.86. The second-order valence-corrected chi connectivity index (χ2v) is 4.15. The number of hydrogen-bond donors (Lipinski definition) is 1. The highest BCUT2D eigenvalue weighted by Crippen LogP contribution is 2.30. The van der Waals surface area contributed by atoms with Gasteiger partial charge >= 0.3 is 0 Å². The Labute approximate surface area is 85.2 Å². The predicted molar refractivity (Wildman–Crippen MR) is 53.3 cm³/mol. The molecule has 2 N–H and O–H groups in total. The Morgan fingerprint density at radius 1 is 1.62 bits per heavy atom. The van der Waals surface area contributed by atoms with Gasteiger partial charge in [-0.2, -0.15) is 5.10 Å². The van der Waals surface area contributed by atoms with Gasteiger partial charge in [0.1, 0.15) is 10.8 Å². The van der Waals surface area contributed by atoms with Crippen molar-refractivity contribution >= 4 is 21.7 Å². The largest absolute Gasteiger partial charge is 0.384 e. The second-order valence-electron chi connectivity index (χ2n) is 3.13. The van der Waals surface area contributed by atoms with Crippen LogP contribution in [0.5, 0.6) is 0 Å². The average Bonchev–Trinajstić information content (AvgIpc) is 2.51. The molecule has 1 aromatic heterocycles. The number of anilines is 1. The molecule has 72 valence electrons. The van der Waals surface area contributed by atoms with Crippen LogP contribution in [0, 0.1) is 0 Å². The molecular formula is C8H12BrN3O. The number of nitrogens with zero attached hydrogens (tertiary/aromatic N) is 2. The van der Waals surface area contributed by atoms with Crippen molar-refractivity contribution in [1.29, 1.82) is 0 Å². The molecule has 1 fully saturated rings. The molecule has 0 amide bonds. The molecular weight excluding hydrogens is 234 g/mol. The number of ether oxygens (including phenoxy) is 1. The number of nitrogen functional groups attached to an aromatic ring is 1. The van der Waals surface area contributed by atoms with Gasteiger partial charge in [0.15, 0.2) is 6.23 Å². The predicted octanol–water partition coefficient (Wildman–Crippen LogP) is 1.89. The Hall–Kier alpha value is -0.550. The van der Waals surface area contributed by atoms with Crippen LogP contribution in [0.2, 0.25) is 0 Å². The molecule has 2 atom stereocenters. The summed E-state index contributed by atoms with van der Waals surface area (Å²) in [6.45, 7) is 0. The smallest absolute Gasteiger partial charge is 0.153 e. The van der Waals surface area contributed by atoms with E-state index in [1.165, 1.54) is 0 Å². The van der Waals surface area contributed by atoms with Crippen LogP contribution in [0.4, 0.5) is 5.82 Å². The molecule has 0 aromatic carbocycles. The number of nitrogens with two attached hydrogens (primary N) is 1. The molecule has 1 aromatic rings. The van der Waals surface area contributed by atoms with Gasteiger partial charge in [-0.15, -0.1) is 0 Å². The first-order valence-electron chi connectivity index (χ1n) is 4.36. The lowest BCUT2D eigenvalue weighted by atomic mass is 10.2. The highest BCUT2D eigenvalue weighted by Gasteiger charge is 2.22. The molecule has 0 saturated carbocycles. The van der Waals surface area contributed by atoms with E-state index in [4.69, 9.17) is 10.5 Å². The number of halogens is 1. The van der Waals surface area contributed by atoms with Crippen LogP contribution >= 0.6 is 15.9 Å². The lowest BCUT2D eigenvalue weighted by molar-refractivity contribution is -0.0519. The van der Waals surface area contributed by atoms with Crippen LogP contribution < -0.4 is 5.73 Å². The van der Waals surface area contributed by atoms with E-state index >= 15 is 0 Å². The number of hydrogen-bond acceptors (Lipinski definition) is 3. The van der Waals surface area contributed by atoms with E-state index in [1.54, 1.807) is 16.9 Å². The van der Waals surface area contributed by atoms with E-state index in [2.05, 4.69) is 21.0 Å². The van der Waals surface area contributed by atoms with Crippen molar-refractivity contribution < 1.29 is 4.74 Å². The van der Waals surface area contributed by atoms with Gasteiger partial charge in [0.25, 0.3) is 0 Å². The van der Waals surface area contributed by atoms with Crippen LogP contribution in [0.3, 0.4) is 0 Å². The lowest BCUT2D eigenvalue weighted by Crippen LogP contribution is -2.23. The number of alkyl halides is 1. The molecule has 0 aliphatic carbocycles. The van der Waals surface area contributed by atoms with E-state index in [1.807, 2.05) is 0 Å². The van der Waals surface area contributed by atoms with Crippen LogP contribution in [0.25, 0.3) is 0 Å². The van der Waals surface area contributed by atoms with E-state index in [9.17, 15) is 0 Å². The lowest BCUT2D eigenvalue weighted by Gasteiger charge is -2.27. The van der Waals surface area contributed by atoms with Crippen LogP contribution in [0.1, 0.15) is 25.5 Å². The van der Waals surface area contributed by atoms with Crippen molar-refractivity contribution in [2.45, 2.75) is 30.5 Å². The van der Waals surface area contributed by atoms with Gasteiger partial charge in [-0.3, -0.25) is 0 Å². The zero-order chi connectivity index (χ0) is 9.26.